The van der Waals surface area contributed by atoms with Crippen LogP contribution in [0.4, 0.5) is 0 Å². The Hall–Kier alpha value is -3.28. The molecule has 0 fully saturated rings. The molecule has 0 bridgehead atoms. The molecule has 3 aromatic rings. The Kier molecular flexibility index (Phi) is 5.45. The van der Waals surface area contributed by atoms with Crippen LogP contribution in [0.3, 0.4) is 0 Å². The van der Waals surface area contributed by atoms with Crippen molar-refractivity contribution < 1.29 is 23.5 Å². The number of nitrogens with one attached hydrogen (secondary N) is 1. The van der Waals surface area contributed by atoms with E-state index < -0.39 is 0 Å². The predicted molar refractivity (Wildman–Crippen MR) is 101 cm³/mol. The average Bonchev–Trinajstić information content (AvgIpc) is 3.02. The number of hydrogen-bond acceptors (Lipinski definition) is 5. The minimum Gasteiger partial charge on any atom is -0.497 e. The molecule has 27 heavy (non-hydrogen) atoms. The zero-order valence-electron chi connectivity index (χ0n) is 15.4. The number of aldehydes is 1. The molecule has 1 atom stereocenters. The first-order valence-corrected chi connectivity index (χ1v) is 8.57. The predicted octanol–water partition coefficient (Wildman–Crippen LogP) is 3.82. The van der Waals surface area contributed by atoms with Crippen molar-refractivity contribution in [3.05, 3.63) is 59.4 Å². The smallest absolute Gasteiger partial charge is 0.258 e. The summed E-state index contributed by atoms with van der Waals surface area (Å²) in [5.74, 6) is 1.50. The summed E-state index contributed by atoms with van der Waals surface area (Å²) >= 11 is 0. The summed E-state index contributed by atoms with van der Waals surface area (Å²) in [6, 6.07) is 12.0. The molecule has 1 unspecified atom stereocenters. The number of amides is 1. The summed E-state index contributed by atoms with van der Waals surface area (Å²) in [7, 11) is 1.61. The van der Waals surface area contributed by atoms with E-state index in [1.807, 2.05) is 32.0 Å². The van der Waals surface area contributed by atoms with E-state index in [2.05, 4.69) is 5.32 Å². The van der Waals surface area contributed by atoms with Crippen molar-refractivity contribution in [3.8, 4) is 11.5 Å². The fourth-order valence-electron chi connectivity index (χ4n) is 2.96. The van der Waals surface area contributed by atoms with E-state index in [9.17, 15) is 9.59 Å². The fourth-order valence-corrected chi connectivity index (χ4v) is 2.96. The lowest BCUT2D eigenvalue weighted by Crippen LogP contribution is -2.31. The maximum absolute atomic E-state index is 12.2. The molecule has 6 nitrogen and oxygen atoms in total. The molecule has 0 aliphatic rings. The Balaban J connectivity index is 1.68. The van der Waals surface area contributed by atoms with Gasteiger partial charge in [0.2, 0.25) is 0 Å². The van der Waals surface area contributed by atoms with Crippen molar-refractivity contribution in [1.29, 1.82) is 0 Å². The van der Waals surface area contributed by atoms with Gasteiger partial charge < -0.3 is 19.2 Å². The van der Waals surface area contributed by atoms with Gasteiger partial charge >= 0.3 is 0 Å². The van der Waals surface area contributed by atoms with Crippen LogP contribution in [0.1, 0.15) is 34.6 Å². The van der Waals surface area contributed by atoms with Gasteiger partial charge in [0.25, 0.3) is 5.91 Å². The van der Waals surface area contributed by atoms with Crippen molar-refractivity contribution in [3.63, 3.8) is 0 Å². The van der Waals surface area contributed by atoms with E-state index >= 15 is 0 Å². The Bertz CT molecular complexity index is 976. The molecule has 3 rings (SSSR count). The van der Waals surface area contributed by atoms with E-state index in [4.69, 9.17) is 13.9 Å². The van der Waals surface area contributed by atoms with Gasteiger partial charge in [-0.3, -0.25) is 9.59 Å². The second kappa shape index (κ2) is 7.95. The molecule has 0 saturated heterocycles. The van der Waals surface area contributed by atoms with Crippen LogP contribution < -0.4 is 14.8 Å². The SMILES string of the molecule is COc1ccc2oc(C(C)NC(=O)COc3ccccc3C=O)c(C)c2c1. The van der Waals surface area contributed by atoms with Crippen LogP contribution in [-0.2, 0) is 4.79 Å². The molecule has 1 heterocycles. The maximum Gasteiger partial charge on any atom is 0.258 e. The van der Waals surface area contributed by atoms with Gasteiger partial charge in [0, 0.05) is 10.9 Å². The van der Waals surface area contributed by atoms with Crippen molar-refractivity contribution in [2.75, 3.05) is 13.7 Å². The molecule has 140 valence electrons. The lowest BCUT2D eigenvalue weighted by molar-refractivity contribution is -0.123. The quantitative estimate of drug-likeness (QED) is 0.643. The third kappa shape index (κ3) is 3.95. The molecule has 2 aromatic carbocycles. The van der Waals surface area contributed by atoms with E-state index in [1.54, 1.807) is 31.4 Å². The molecule has 6 heteroatoms. The van der Waals surface area contributed by atoms with Crippen molar-refractivity contribution in [2.24, 2.45) is 0 Å². The molecule has 1 N–H and O–H groups in total. The number of methoxy groups -OCH3 is 1. The molecule has 0 aliphatic carbocycles. The van der Waals surface area contributed by atoms with Gasteiger partial charge in [-0.2, -0.15) is 0 Å². The first kappa shape index (κ1) is 18.5. The number of carbonyl (C=O) groups excluding carboxylic acids is 2. The number of aryl methyl sites for hydroxylation is 1. The number of carbonyl (C=O) groups is 2. The highest BCUT2D eigenvalue weighted by atomic mass is 16.5. The molecule has 0 aliphatic heterocycles. The minimum atomic E-state index is -0.333. The number of benzene rings is 2. The highest BCUT2D eigenvalue weighted by Crippen LogP contribution is 2.31. The summed E-state index contributed by atoms with van der Waals surface area (Å²) < 4.78 is 16.6. The first-order valence-electron chi connectivity index (χ1n) is 8.57. The topological polar surface area (TPSA) is 77.8 Å². The Morgan fingerprint density at radius 1 is 1.26 bits per heavy atom. The average molecular weight is 367 g/mol. The molecular weight excluding hydrogens is 346 g/mol. The van der Waals surface area contributed by atoms with Crippen molar-refractivity contribution >= 4 is 23.2 Å². The Morgan fingerprint density at radius 3 is 2.78 bits per heavy atom. The number of furan rings is 1. The Labute approximate surface area is 157 Å². The molecule has 0 spiro atoms. The van der Waals surface area contributed by atoms with Crippen LogP contribution >= 0.6 is 0 Å². The standard InChI is InChI=1S/C21H21NO5/c1-13-17-10-16(25-3)8-9-19(17)27-21(13)14(2)22-20(24)12-26-18-7-5-4-6-15(18)11-23/h4-11,14H,12H2,1-3H3,(H,22,24). The van der Waals surface area contributed by atoms with Gasteiger partial charge in [-0.05, 0) is 44.2 Å². The van der Waals surface area contributed by atoms with Crippen LogP contribution in [-0.4, -0.2) is 25.9 Å². The molecule has 1 aromatic heterocycles. The van der Waals surface area contributed by atoms with Gasteiger partial charge in [-0.15, -0.1) is 0 Å². The van der Waals surface area contributed by atoms with E-state index in [-0.39, 0.29) is 18.6 Å². The van der Waals surface area contributed by atoms with Gasteiger partial charge in [-0.25, -0.2) is 0 Å². The van der Waals surface area contributed by atoms with Crippen molar-refractivity contribution in [2.45, 2.75) is 19.9 Å². The fraction of sp³-hybridized carbons (Fsp3) is 0.238. The summed E-state index contributed by atoms with van der Waals surface area (Å²) in [5, 5.41) is 3.80. The van der Waals surface area contributed by atoms with Gasteiger partial charge in [0.1, 0.15) is 22.8 Å². The molecule has 0 radical (unpaired) electrons. The van der Waals surface area contributed by atoms with Crippen LogP contribution in [0.2, 0.25) is 0 Å². The zero-order chi connectivity index (χ0) is 19.4. The summed E-state index contributed by atoms with van der Waals surface area (Å²) in [6.07, 6.45) is 0.696. The summed E-state index contributed by atoms with van der Waals surface area (Å²) in [5.41, 5.74) is 2.09. The zero-order valence-corrected chi connectivity index (χ0v) is 15.4. The van der Waals surface area contributed by atoms with E-state index in [1.165, 1.54) is 0 Å². The first-order chi connectivity index (χ1) is 13.0. The number of para-hydroxylation sites is 1. The summed E-state index contributed by atoms with van der Waals surface area (Å²) in [6.45, 7) is 3.60. The van der Waals surface area contributed by atoms with Crippen LogP contribution in [0, 0.1) is 6.92 Å². The monoisotopic (exact) mass is 367 g/mol. The highest BCUT2D eigenvalue weighted by Gasteiger charge is 2.19. The lowest BCUT2D eigenvalue weighted by atomic mass is 10.1. The van der Waals surface area contributed by atoms with Crippen LogP contribution in [0.15, 0.2) is 46.9 Å². The third-order valence-corrected chi connectivity index (χ3v) is 4.36. The second-order valence-corrected chi connectivity index (χ2v) is 6.19. The summed E-state index contributed by atoms with van der Waals surface area (Å²) in [4.78, 5) is 23.2. The molecule has 0 saturated carbocycles. The Morgan fingerprint density at radius 2 is 2.04 bits per heavy atom. The van der Waals surface area contributed by atoms with Crippen LogP contribution in [0.25, 0.3) is 11.0 Å². The van der Waals surface area contributed by atoms with E-state index in [0.717, 1.165) is 22.3 Å². The normalized spacial score (nSPS) is 11.8. The van der Waals surface area contributed by atoms with Crippen LogP contribution in [0.5, 0.6) is 11.5 Å². The number of fused-ring (bicyclic) bond motifs is 1. The van der Waals surface area contributed by atoms with Gasteiger partial charge in [-0.1, -0.05) is 12.1 Å². The van der Waals surface area contributed by atoms with Gasteiger partial charge in [0.15, 0.2) is 12.9 Å². The lowest BCUT2D eigenvalue weighted by Gasteiger charge is -2.13. The second-order valence-electron chi connectivity index (χ2n) is 6.19. The molecule has 1 amide bonds. The number of rotatable bonds is 7. The van der Waals surface area contributed by atoms with Crippen molar-refractivity contribution in [1.82, 2.24) is 5.32 Å². The largest absolute Gasteiger partial charge is 0.497 e. The van der Waals surface area contributed by atoms with E-state index in [0.29, 0.717) is 23.4 Å². The number of ether oxygens (including phenoxy) is 2. The molecular formula is C21H21NO5. The number of hydrogen-bond donors (Lipinski definition) is 1. The maximum atomic E-state index is 12.2. The highest BCUT2D eigenvalue weighted by molar-refractivity contribution is 5.84. The van der Waals surface area contributed by atoms with Gasteiger partial charge in [0.05, 0.1) is 18.7 Å². The minimum absolute atomic E-state index is 0.192. The third-order valence-electron chi connectivity index (χ3n) is 4.36.